The first-order valence-electron chi connectivity index (χ1n) is 9.90. The zero-order valence-electron chi connectivity index (χ0n) is 17.3. The zero-order chi connectivity index (χ0) is 21.2. The average Bonchev–Trinajstić information content (AvgIpc) is 2.64. The number of aliphatic hydroxyl groups excluding tert-OH is 1. The van der Waals surface area contributed by atoms with E-state index in [2.05, 4.69) is 20.4 Å². The summed E-state index contributed by atoms with van der Waals surface area (Å²) < 4.78 is 0. The Hall–Kier alpha value is -2.14. The molecule has 1 aromatic carbocycles. The highest BCUT2D eigenvalue weighted by Gasteiger charge is 2.43. The average molecular weight is 389 g/mol. The molecule has 1 aliphatic rings. The minimum absolute atomic E-state index is 0.0264. The van der Waals surface area contributed by atoms with Crippen LogP contribution in [0.3, 0.4) is 0 Å². The van der Waals surface area contributed by atoms with Crippen LogP contribution in [0.5, 0.6) is 11.5 Å². The predicted molar refractivity (Wildman–Crippen MR) is 109 cm³/mol. The fraction of sp³-hybridized carbons (Fsp3) is 0.565. The second kappa shape index (κ2) is 8.48. The molecule has 0 unspecified atom stereocenters. The van der Waals surface area contributed by atoms with Crippen molar-refractivity contribution in [1.29, 1.82) is 0 Å². The number of aromatic hydroxyl groups is 2. The fourth-order valence-electron chi connectivity index (χ4n) is 4.29. The van der Waals surface area contributed by atoms with E-state index in [9.17, 15) is 24.9 Å². The van der Waals surface area contributed by atoms with E-state index >= 15 is 0 Å². The number of rotatable bonds is 7. The van der Waals surface area contributed by atoms with Gasteiger partial charge in [0.25, 0.3) is 0 Å². The summed E-state index contributed by atoms with van der Waals surface area (Å²) in [6.45, 7) is 11.9. The van der Waals surface area contributed by atoms with E-state index in [0.717, 1.165) is 12.8 Å². The summed E-state index contributed by atoms with van der Waals surface area (Å²) in [6.07, 6.45) is 2.35. The molecule has 0 spiro atoms. The van der Waals surface area contributed by atoms with Crippen molar-refractivity contribution in [2.24, 2.45) is 17.3 Å². The van der Waals surface area contributed by atoms with Crippen LogP contribution in [0.1, 0.15) is 67.9 Å². The van der Waals surface area contributed by atoms with Gasteiger partial charge in [-0.15, -0.1) is 0 Å². The minimum atomic E-state index is -0.965. The van der Waals surface area contributed by atoms with Gasteiger partial charge in [-0.25, -0.2) is 0 Å². The second-order valence-corrected chi connectivity index (χ2v) is 8.58. The van der Waals surface area contributed by atoms with Crippen molar-refractivity contribution in [1.82, 2.24) is 0 Å². The second-order valence-electron chi connectivity index (χ2n) is 8.58. The SMILES string of the molecule is C=C(CC[C@@]1(C)[C@H](C)CCC(=O)[C@@H]1C)[C@@H](O)Cc1c(O)cc(C)c(C=O)c1O. The number of aldehydes is 1. The molecule has 1 fully saturated rings. The number of phenolic OH excluding ortho intramolecular Hbond substituents is 2. The van der Waals surface area contributed by atoms with Crippen molar-refractivity contribution in [3.63, 3.8) is 0 Å². The van der Waals surface area contributed by atoms with Gasteiger partial charge >= 0.3 is 0 Å². The van der Waals surface area contributed by atoms with E-state index in [4.69, 9.17) is 0 Å². The van der Waals surface area contributed by atoms with Gasteiger partial charge in [0.15, 0.2) is 6.29 Å². The number of ketones is 1. The smallest absolute Gasteiger partial charge is 0.154 e. The van der Waals surface area contributed by atoms with Crippen molar-refractivity contribution in [2.45, 2.75) is 65.9 Å². The molecule has 1 aliphatic carbocycles. The summed E-state index contributed by atoms with van der Waals surface area (Å²) in [5.74, 6) is 0.223. The van der Waals surface area contributed by atoms with Gasteiger partial charge in [0.2, 0.25) is 0 Å². The van der Waals surface area contributed by atoms with Gasteiger partial charge in [-0.1, -0.05) is 27.4 Å². The maximum Gasteiger partial charge on any atom is 0.154 e. The number of phenols is 2. The third-order valence-electron chi connectivity index (χ3n) is 7.02. The van der Waals surface area contributed by atoms with Crippen molar-refractivity contribution in [3.05, 3.63) is 34.9 Å². The normalized spacial score (nSPS) is 26.1. The molecule has 1 aromatic rings. The highest BCUT2D eigenvalue weighted by atomic mass is 16.3. The molecular weight excluding hydrogens is 356 g/mol. The van der Waals surface area contributed by atoms with Crippen LogP contribution in [0.25, 0.3) is 0 Å². The number of hydrogen-bond donors (Lipinski definition) is 3. The molecule has 5 nitrogen and oxygen atoms in total. The summed E-state index contributed by atoms with van der Waals surface area (Å²) in [5.41, 5.74) is 1.17. The molecule has 0 bridgehead atoms. The number of hydrogen-bond acceptors (Lipinski definition) is 5. The molecule has 0 saturated heterocycles. The summed E-state index contributed by atoms with van der Waals surface area (Å²) in [6, 6.07) is 1.41. The van der Waals surface area contributed by atoms with Crippen molar-refractivity contribution < 1.29 is 24.9 Å². The van der Waals surface area contributed by atoms with Crippen LogP contribution in [0.4, 0.5) is 0 Å². The lowest BCUT2D eigenvalue weighted by Gasteiger charge is -2.44. The summed E-state index contributed by atoms with van der Waals surface area (Å²) in [7, 11) is 0. The van der Waals surface area contributed by atoms with Gasteiger partial charge in [0.1, 0.15) is 17.3 Å². The van der Waals surface area contributed by atoms with E-state index < -0.39 is 6.10 Å². The molecule has 3 N–H and O–H groups in total. The Morgan fingerprint density at radius 3 is 2.64 bits per heavy atom. The van der Waals surface area contributed by atoms with Crippen LogP contribution >= 0.6 is 0 Å². The van der Waals surface area contributed by atoms with E-state index in [0.29, 0.717) is 42.0 Å². The Bertz CT molecular complexity index is 782. The van der Waals surface area contributed by atoms with Gasteiger partial charge in [-0.05, 0) is 54.7 Å². The lowest BCUT2D eigenvalue weighted by atomic mass is 9.59. The molecule has 154 valence electrons. The number of aliphatic hydroxyl groups is 1. The highest BCUT2D eigenvalue weighted by Crippen LogP contribution is 2.47. The molecule has 0 aromatic heterocycles. The van der Waals surface area contributed by atoms with Gasteiger partial charge in [-0.3, -0.25) is 9.59 Å². The van der Waals surface area contributed by atoms with E-state index in [1.807, 2.05) is 6.92 Å². The third-order valence-corrected chi connectivity index (χ3v) is 7.02. The van der Waals surface area contributed by atoms with Crippen LogP contribution in [0.2, 0.25) is 0 Å². The van der Waals surface area contributed by atoms with Crippen LogP contribution in [-0.4, -0.2) is 33.5 Å². The van der Waals surface area contributed by atoms with Crippen LogP contribution in [-0.2, 0) is 11.2 Å². The number of Topliss-reactive ketones (excluding diaryl/α,β-unsaturated/α-hetero) is 1. The first kappa shape index (κ1) is 22.2. The van der Waals surface area contributed by atoms with Gasteiger partial charge in [0, 0.05) is 24.3 Å². The van der Waals surface area contributed by atoms with Crippen molar-refractivity contribution >= 4 is 12.1 Å². The standard InChI is InChI=1S/C23H32O5/c1-13(8-9-23(5)15(3)6-7-19(25)16(23)4)20(26)11-17-21(27)10-14(2)18(12-24)22(17)28/h10,12,15-16,20,26-28H,1,6-9,11H2,2-5H3/t15-,16+,20+,23+/m1/s1. The lowest BCUT2D eigenvalue weighted by Crippen LogP contribution is -2.41. The van der Waals surface area contributed by atoms with Gasteiger partial charge in [-0.2, -0.15) is 0 Å². The molecular formula is C23H32O5. The fourth-order valence-corrected chi connectivity index (χ4v) is 4.29. The number of aryl methyl sites for hydroxylation is 1. The van der Waals surface area contributed by atoms with E-state index in [1.165, 1.54) is 6.07 Å². The molecule has 28 heavy (non-hydrogen) atoms. The summed E-state index contributed by atoms with van der Waals surface area (Å²) in [4.78, 5) is 23.4. The lowest BCUT2D eigenvalue weighted by molar-refractivity contribution is -0.132. The van der Waals surface area contributed by atoms with E-state index in [1.54, 1.807) is 6.92 Å². The monoisotopic (exact) mass is 388 g/mol. The number of carbonyl (C=O) groups excluding carboxylic acids is 2. The van der Waals surface area contributed by atoms with Crippen LogP contribution < -0.4 is 0 Å². The molecule has 2 rings (SSSR count). The van der Waals surface area contributed by atoms with Gasteiger partial charge in [0.05, 0.1) is 11.7 Å². The summed E-state index contributed by atoms with van der Waals surface area (Å²) >= 11 is 0. The molecule has 0 radical (unpaired) electrons. The molecule has 5 heteroatoms. The Balaban J connectivity index is 2.10. The Morgan fingerprint density at radius 1 is 1.39 bits per heavy atom. The molecule has 4 atom stereocenters. The predicted octanol–water partition coefficient (Wildman–Crippen LogP) is 4.10. The minimum Gasteiger partial charge on any atom is -0.508 e. The largest absolute Gasteiger partial charge is 0.508 e. The Morgan fingerprint density at radius 2 is 2.04 bits per heavy atom. The van der Waals surface area contributed by atoms with Crippen LogP contribution in [0.15, 0.2) is 18.2 Å². The molecule has 0 heterocycles. The molecule has 1 saturated carbocycles. The van der Waals surface area contributed by atoms with Gasteiger partial charge < -0.3 is 15.3 Å². The number of benzene rings is 1. The third kappa shape index (κ3) is 4.14. The number of carbonyl (C=O) groups is 2. The first-order valence-corrected chi connectivity index (χ1v) is 9.90. The van der Waals surface area contributed by atoms with E-state index in [-0.39, 0.29) is 40.4 Å². The van der Waals surface area contributed by atoms with Crippen molar-refractivity contribution in [2.75, 3.05) is 0 Å². The quantitative estimate of drug-likeness (QED) is 0.483. The van der Waals surface area contributed by atoms with Crippen molar-refractivity contribution in [3.8, 4) is 11.5 Å². The Kier molecular flexibility index (Phi) is 6.71. The zero-order valence-corrected chi connectivity index (χ0v) is 17.3. The summed E-state index contributed by atoms with van der Waals surface area (Å²) in [5, 5.41) is 31.0. The molecule has 0 aliphatic heterocycles. The first-order chi connectivity index (χ1) is 13.0. The maximum absolute atomic E-state index is 12.2. The highest BCUT2D eigenvalue weighted by molar-refractivity contribution is 5.83. The topological polar surface area (TPSA) is 94.8 Å². The maximum atomic E-state index is 12.2. The molecule has 0 amide bonds. The Labute approximate surface area is 167 Å². The van der Waals surface area contributed by atoms with Crippen LogP contribution in [0, 0.1) is 24.2 Å².